The van der Waals surface area contributed by atoms with Crippen LogP contribution >= 0.6 is 11.6 Å². The zero-order chi connectivity index (χ0) is 20.6. The Kier molecular flexibility index (Phi) is 5.18. The number of carbonyl (C=O) groups is 1. The topological polar surface area (TPSA) is 119 Å². The molecule has 1 heterocycles. The molecule has 1 unspecified atom stereocenters. The minimum absolute atomic E-state index is 0.104. The van der Waals surface area contributed by atoms with Crippen molar-refractivity contribution in [3.63, 3.8) is 0 Å². The molecule has 1 aliphatic rings. The van der Waals surface area contributed by atoms with Gasteiger partial charge in [0.25, 0.3) is 15.7 Å². The normalized spacial score (nSPS) is 16.1. The van der Waals surface area contributed by atoms with Gasteiger partial charge in [0.1, 0.15) is 17.5 Å². The van der Waals surface area contributed by atoms with Gasteiger partial charge in [0.15, 0.2) is 0 Å². The maximum Gasteiger partial charge on any atom is 0.294 e. The quantitative estimate of drug-likeness (QED) is 0.593. The first-order chi connectivity index (χ1) is 13.1. The second kappa shape index (κ2) is 7.28. The molecule has 2 aromatic carbocycles. The largest absolute Gasteiger partial charge is 0.487 e. The molecule has 1 aliphatic heterocycles. The number of hydrogen-bond donors (Lipinski definition) is 1. The van der Waals surface area contributed by atoms with E-state index in [2.05, 4.69) is 4.72 Å². The molecule has 2 aromatic rings. The van der Waals surface area contributed by atoms with Crippen molar-refractivity contribution in [1.29, 1.82) is 0 Å². The van der Waals surface area contributed by atoms with Crippen molar-refractivity contribution in [3.05, 3.63) is 51.5 Å². The summed E-state index contributed by atoms with van der Waals surface area (Å²) < 4.78 is 33.4. The summed E-state index contributed by atoms with van der Waals surface area (Å²) in [5, 5.41) is 11.3. The number of rotatable bonds is 4. The van der Waals surface area contributed by atoms with E-state index in [1.807, 2.05) is 0 Å². The average Bonchev–Trinajstić information content (AvgIpc) is 2.61. The predicted octanol–water partition coefficient (Wildman–Crippen LogP) is 3.18. The number of hydrogen-bond acceptors (Lipinski definition) is 6. The molecule has 0 aliphatic carbocycles. The summed E-state index contributed by atoms with van der Waals surface area (Å²) in [5.74, 6) is 0.123. The number of nitrogens with zero attached hydrogens (tertiary/aromatic N) is 2. The molecule has 1 atom stereocenters. The number of fused-ring (bicyclic) bond motifs is 1. The van der Waals surface area contributed by atoms with Gasteiger partial charge >= 0.3 is 0 Å². The van der Waals surface area contributed by atoms with Crippen molar-refractivity contribution in [2.75, 3.05) is 16.2 Å². The standard InChI is InChI=1S/C17H16ClN3O6S/c1-10-9-20(11(2)22)16-8-13(4-6-17(16)27-10)28(25,26)19-14-5-3-12(18)7-15(14)21(23)24/h3-8,10,19H,9H2,1-2H3. The number of nitro groups is 1. The highest BCUT2D eigenvalue weighted by molar-refractivity contribution is 7.92. The van der Waals surface area contributed by atoms with E-state index in [0.717, 1.165) is 6.07 Å². The molecule has 148 valence electrons. The van der Waals surface area contributed by atoms with Crippen molar-refractivity contribution in [1.82, 2.24) is 0 Å². The van der Waals surface area contributed by atoms with Gasteiger partial charge in [0.05, 0.1) is 22.1 Å². The van der Waals surface area contributed by atoms with Gasteiger partial charge in [-0.1, -0.05) is 11.6 Å². The SMILES string of the molecule is CC(=O)N1CC(C)Oc2ccc(S(=O)(=O)Nc3ccc(Cl)cc3[N+](=O)[O-])cc21. The van der Waals surface area contributed by atoms with E-state index < -0.39 is 20.6 Å². The highest BCUT2D eigenvalue weighted by atomic mass is 35.5. The Bertz CT molecular complexity index is 1070. The molecule has 0 aromatic heterocycles. The first-order valence-corrected chi connectivity index (χ1v) is 10.00. The molecule has 1 amide bonds. The highest BCUT2D eigenvalue weighted by Crippen LogP contribution is 2.36. The Hall–Kier alpha value is -2.85. The summed E-state index contributed by atoms with van der Waals surface area (Å²) in [6, 6.07) is 7.66. The highest BCUT2D eigenvalue weighted by Gasteiger charge is 2.28. The molecule has 0 fully saturated rings. The third kappa shape index (κ3) is 3.87. The van der Waals surface area contributed by atoms with E-state index in [9.17, 15) is 23.3 Å². The van der Waals surface area contributed by atoms with Crippen molar-refractivity contribution in [3.8, 4) is 5.75 Å². The minimum Gasteiger partial charge on any atom is -0.487 e. The van der Waals surface area contributed by atoms with Gasteiger partial charge in [0.2, 0.25) is 5.91 Å². The molecule has 3 rings (SSSR count). The second-order valence-electron chi connectivity index (χ2n) is 6.21. The van der Waals surface area contributed by atoms with Gasteiger partial charge in [-0.15, -0.1) is 0 Å². The number of amides is 1. The van der Waals surface area contributed by atoms with Crippen LogP contribution in [0, 0.1) is 10.1 Å². The Morgan fingerprint density at radius 3 is 2.68 bits per heavy atom. The number of sulfonamides is 1. The van der Waals surface area contributed by atoms with E-state index in [0.29, 0.717) is 11.4 Å². The fourth-order valence-corrected chi connectivity index (χ4v) is 4.09. The summed E-state index contributed by atoms with van der Waals surface area (Å²) in [4.78, 5) is 23.6. The first-order valence-electron chi connectivity index (χ1n) is 8.14. The lowest BCUT2D eigenvalue weighted by atomic mass is 10.2. The van der Waals surface area contributed by atoms with Crippen LogP contribution in [0.5, 0.6) is 5.75 Å². The summed E-state index contributed by atoms with van der Waals surface area (Å²) >= 11 is 5.75. The zero-order valence-corrected chi connectivity index (χ0v) is 16.5. The van der Waals surface area contributed by atoms with E-state index in [-0.39, 0.29) is 34.2 Å². The van der Waals surface area contributed by atoms with Crippen molar-refractivity contribution in [2.45, 2.75) is 24.8 Å². The van der Waals surface area contributed by atoms with Gasteiger partial charge < -0.3 is 9.64 Å². The van der Waals surface area contributed by atoms with Crippen LogP contribution in [0.4, 0.5) is 17.1 Å². The Labute approximate surface area is 166 Å². The van der Waals surface area contributed by atoms with Gasteiger partial charge in [-0.05, 0) is 37.3 Å². The van der Waals surface area contributed by atoms with Crippen LogP contribution in [0.25, 0.3) is 0 Å². The van der Waals surface area contributed by atoms with Crippen molar-refractivity contribution < 1.29 is 22.9 Å². The molecular weight excluding hydrogens is 410 g/mol. The molecule has 11 heteroatoms. The van der Waals surface area contributed by atoms with Gasteiger partial charge in [-0.3, -0.25) is 19.6 Å². The number of nitro benzene ring substituents is 1. The second-order valence-corrected chi connectivity index (χ2v) is 8.33. The van der Waals surface area contributed by atoms with E-state index in [1.165, 1.54) is 42.2 Å². The van der Waals surface area contributed by atoms with Crippen molar-refractivity contribution >= 4 is 44.6 Å². The van der Waals surface area contributed by atoms with Crippen LogP contribution in [0.15, 0.2) is 41.3 Å². The fourth-order valence-electron chi connectivity index (χ4n) is 2.83. The smallest absolute Gasteiger partial charge is 0.294 e. The maximum atomic E-state index is 12.8. The summed E-state index contributed by atoms with van der Waals surface area (Å²) in [6.07, 6.45) is -0.242. The lowest BCUT2D eigenvalue weighted by Crippen LogP contribution is -2.41. The lowest BCUT2D eigenvalue weighted by molar-refractivity contribution is -0.383. The zero-order valence-electron chi connectivity index (χ0n) is 14.9. The summed E-state index contributed by atoms with van der Waals surface area (Å²) in [6.45, 7) is 3.45. The van der Waals surface area contributed by atoms with Crippen LogP contribution < -0.4 is 14.4 Å². The van der Waals surface area contributed by atoms with Crippen LogP contribution in [-0.4, -0.2) is 31.9 Å². The van der Waals surface area contributed by atoms with Crippen LogP contribution in [0.2, 0.25) is 5.02 Å². The summed E-state index contributed by atoms with van der Waals surface area (Å²) in [5.41, 5.74) is -0.379. The van der Waals surface area contributed by atoms with E-state index in [1.54, 1.807) is 6.92 Å². The number of carbonyl (C=O) groups excluding carboxylic acids is 1. The van der Waals surface area contributed by atoms with Crippen LogP contribution in [-0.2, 0) is 14.8 Å². The molecular formula is C17H16ClN3O6S. The van der Waals surface area contributed by atoms with E-state index in [4.69, 9.17) is 16.3 Å². The average molecular weight is 426 g/mol. The molecule has 1 N–H and O–H groups in total. The minimum atomic E-state index is -4.17. The van der Waals surface area contributed by atoms with Gasteiger partial charge in [0, 0.05) is 18.0 Å². The Morgan fingerprint density at radius 2 is 2.04 bits per heavy atom. The Balaban J connectivity index is 2.01. The molecule has 28 heavy (non-hydrogen) atoms. The predicted molar refractivity (Wildman–Crippen MR) is 103 cm³/mol. The maximum absolute atomic E-state index is 12.8. The third-order valence-corrected chi connectivity index (χ3v) is 5.68. The van der Waals surface area contributed by atoms with Gasteiger partial charge in [-0.2, -0.15) is 0 Å². The third-order valence-electron chi connectivity index (χ3n) is 4.08. The fraction of sp³-hybridized carbons (Fsp3) is 0.235. The Morgan fingerprint density at radius 1 is 1.32 bits per heavy atom. The number of anilines is 2. The molecule has 9 nitrogen and oxygen atoms in total. The van der Waals surface area contributed by atoms with Crippen LogP contribution in [0.1, 0.15) is 13.8 Å². The molecule has 0 bridgehead atoms. The first kappa shape index (κ1) is 19.9. The number of ether oxygens (including phenoxy) is 1. The number of benzene rings is 2. The lowest BCUT2D eigenvalue weighted by Gasteiger charge is -2.33. The van der Waals surface area contributed by atoms with Crippen LogP contribution in [0.3, 0.4) is 0 Å². The summed E-state index contributed by atoms with van der Waals surface area (Å²) in [7, 11) is -4.17. The molecule has 0 saturated carbocycles. The molecule has 0 saturated heterocycles. The number of halogens is 1. The van der Waals surface area contributed by atoms with E-state index >= 15 is 0 Å². The monoisotopic (exact) mass is 425 g/mol. The van der Waals surface area contributed by atoms with Crippen molar-refractivity contribution in [2.24, 2.45) is 0 Å². The number of nitrogens with one attached hydrogen (secondary N) is 1. The molecule has 0 spiro atoms. The van der Waals surface area contributed by atoms with Gasteiger partial charge in [-0.25, -0.2) is 8.42 Å². The molecule has 0 radical (unpaired) electrons.